The Balaban J connectivity index is 1.56. The second-order valence-electron chi connectivity index (χ2n) is 6.39. The molecule has 6 heteroatoms. The Labute approximate surface area is 150 Å². The van der Waals surface area contributed by atoms with Crippen molar-refractivity contribution in [3.8, 4) is 11.5 Å². The molecule has 1 aliphatic heterocycles. The van der Waals surface area contributed by atoms with E-state index in [9.17, 15) is 4.79 Å². The van der Waals surface area contributed by atoms with E-state index >= 15 is 0 Å². The van der Waals surface area contributed by atoms with Crippen molar-refractivity contribution in [2.75, 3.05) is 13.1 Å². The van der Waals surface area contributed by atoms with Crippen molar-refractivity contribution in [2.45, 2.75) is 25.3 Å². The number of rotatable bonds is 4. The van der Waals surface area contributed by atoms with Gasteiger partial charge in [0.1, 0.15) is 5.69 Å². The van der Waals surface area contributed by atoms with Gasteiger partial charge in [0.05, 0.1) is 5.69 Å². The maximum absolute atomic E-state index is 12.1. The highest BCUT2D eigenvalue weighted by Crippen LogP contribution is 2.27. The summed E-state index contributed by atoms with van der Waals surface area (Å²) < 4.78 is 0. The Morgan fingerprint density at radius 2 is 2.24 bits per heavy atom. The predicted octanol–water partition coefficient (Wildman–Crippen LogP) is 3.27. The lowest BCUT2D eigenvalue weighted by atomic mass is 9.94. The zero-order valence-electron chi connectivity index (χ0n) is 13.9. The first kappa shape index (κ1) is 16.2. The molecule has 5 nitrogen and oxygen atoms in total. The summed E-state index contributed by atoms with van der Waals surface area (Å²) in [6.07, 6.45) is 3.91. The third kappa shape index (κ3) is 3.86. The van der Waals surface area contributed by atoms with Crippen molar-refractivity contribution in [3.63, 3.8) is 0 Å². The first-order valence-electron chi connectivity index (χ1n) is 8.55. The van der Waals surface area contributed by atoms with Crippen molar-refractivity contribution in [1.82, 2.24) is 19.9 Å². The largest absolute Gasteiger partial charge is 0.305 e. The number of nitrogens with zero attached hydrogens (tertiary/aromatic N) is 3. The number of nitrogens with one attached hydrogen (secondary N) is 1. The Morgan fingerprint density at radius 3 is 3.04 bits per heavy atom. The molecule has 0 radical (unpaired) electrons. The fraction of sp³-hybridized carbons (Fsp3) is 0.316. The minimum absolute atomic E-state index is 0.110. The van der Waals surface area contributed by atoms with Crippen LogP contribution in [0.25, 0.3) is 11.5 Å². The van der Waals surface area contributed by atoms with Gasteiger partial charge >= 0.3 is 0 Å². The summed E-state index contributed by atoms with van der Waals surface area (Å²) in [5.74, 6) is 0.844. The van der Waals surface area contributed by atoms with Crippen LogP contribution in [0.5, 0.6) is 0 Å². The quantitative estimate of drug-likeness (QED) is 0.783. The zero-order chi connectivity index (χ0) is 17.1. The van der Waals surface area contributed by atoms with Gasteiger partial charge in [0.2, 0.25) is 0 Å². The smallest absolute Gasteiger partial charge is 0.251 e. The molecule has 0 saturated carbocycles. The van der Waals surface area contributed by atoms with Gasteiger partial charge in [-0.15, -0.1) is 11.3 Å². The second-order valence-corrected chi connectivity index (χ2v) is 7.42. The molecule has 0 unspecified atom stereocenters. The Morgan fingerprint density at radius 1 is 1.28 bits per heavy atom. The molecule has 0 bridgehead atoms. The summed E-state index contributed by atoms with van der Waals surface area (Å²) in [4.78, 5) is 27.8. The highest BCUT2D eigenvalue weighted by atomic mass is 32.1. The molecular weight excluding hydrogens is 332 g/mol. The molecule has 3 aromatic rings. The van der Waals surface area contributed by atoms with Crippen LogP contribution in [0.1, 0.15) is 29.3 Å². The molecule has 4 heterocycles. The number of likely N-dealkylation sites (tertiary alicyclic amines) is 1. The van der Waals surface area contributed by atoms with E-state index in [4.69, 9.17) is 4.98 Å². The first-order valence-corrected chi connectivity index (χ1v) is 9.43. The minimum atomic E-state index is -0.110. The summed E-state index contributed by atoms with van der Waals surface area (Å²) in [6.45, 7) is 3.02. The van der Waals surface area contributed by atoms with Gasteiger partial charge in [0.25, 0.3) is 5.56 Å². The SMILES string of the molecule is O=c1cc([C@H]2CCCN(Cc3cccs3)C2)nc(-c2ccccn2)[nH]1. The van der Waals surface area contributed by atoms with Crippen LogP contribution in [0.15, 0.2) is 52.8 Å². The van der Waals surface area contributed by atoms with E-state index in [1.165, 1.54) is 4.88 Å². The lowest BCUT2D eigenvalue weighted by molar-refractivity contribution is 0.200. The van der Waals surface area contributed by atoms with Crippen LogP contribution in [-0.2, 0) is 6.54 Å². The lowest BCUT2D eigenvalue weighted by Gasteiger charge is -2.32. The van der Waals surface area contributed by atoms with Crippen molar-refractivity contribution >= 4 is 11.3 Å². The fourth-order valence-electron chi connectivity index (χ4n) is 3.37. The molecule has 128 valence electrons. The molecule has 4 rings (SSSR count). The first-order chi connectivity index (χ1) is 12.3. The van der Waals surface area contributed by atoms with Crippen LogP contribution in [0.3, 0.4) is 0 Å². The maximum atomic E-state index is 12.1. The van der Waals surface area contributed by atoms with E-state index in [1.807, 2.05) is 18.2 Å². The van der Waals surface area contributed by atoms with Crippen LogP contribution in [0, 0.1) is 0 Å². The van der Waals surface area contributed by atoms with Crippen molar-refractivity contribution in [1.29, 1.82) is 0 Å². The van der Waals surface area contributed by atoms with Crippen LogP contribution in [0.2, 0.25) is 0 Å². The molecule has 0 spiro atoms. The number of hydrogen-bond acceptors (Lipinski definition) is 5. The molecular formula is C19H20N4OS. The maximum Gasteiger partial charge on any atom is 0.251 e. The highest BCUT2D eigenvalue weighted by molar-refractivity contribution is 7.09. The Hall–Kier alpha value is -2.31. The minimum Gasteiger partial charge on any atom is -0.305 e. The average molecular weight is 352 g/mol. The average Bonchev–Trinajstić information content (AvgIpc) is 3.15. The van der Waals surface area contributed by atoms with Crippen molar-refractivity contribution in [2.24, 2.45) is 0 Å². The topological polar surface area (TPSA) is 61.9 Å². The predicted molar refractivity (Wildman–Crippen MR) is 99.7 cm³/mol. The van der Waals surface area contributed by atoms with Gasteiger partial charge in [-0.3, -0.25) is 14.7 Å². The van der Waals surface area contributed by atoms with E-state index in [1.54, 1.807) is 23.6 Å². The normalized spacial score (nSPS) is 18.3. The molecule has 1 saturated heterocycles. The summed E-state index contributed by atoms with van der Waals surface area (Å²) in [7, 11) is 0. The van der Waals surface area contributed by atoms with Gasteiger partial charge in [-0.25, -0.2) is 4.98 Å². The number of aromatic amines is 1. The number of pyridine rings is 1. The summed E-state index contributed by atoms with van der Waals surface area (Å²) in [6, 6.07) is 11.5. The molecule has 0 aromatic carbocycles. The molecule has 1 atom stereocenters. The molecule has 3 aromatic heterocycles. The van der Waals surface area contributed by atoms with E-state index in [-0.39, 0.29) is 5.56 Å². The molecule has 25 heavy (non-hydrogen) atoms. The van der Waals surface area contributed by atoms with E-state index in [0.717, 1.165) is 38.2 Å². The number of H-pyrrole nitrogens is 1. The highest BCUT2D eigenvalue weighted by Gasteiger charge is 2.23. The molecule has 1 aliphatic rings. The molecule has 0 amide bonds. The van der Waals surface area contributed by atoms with Gasteiger partial charge in [-0.2, -0.15) is 0 Å². The Kier molecular flexibility index (Phi) is 4.72. The van der Waals surface area contributed by atoms with Crippen molar-refractivity contribution < 1.29 is 0 Å². The summed E-state index contributed by atoms with van der Waals surface area (Å²) in [5.41, 5.74) is 1.47. The van der Waals surface area contributed by atoms with Gasteiger partial charge in [-0.05, 0) is 43.0 Å². The number of hydrogen-bond donors (Lipinski definition) is 1. The van der Waals surface area contributed by atoms with Gasteiger partial charge in [-0.1, -0.05) is 12.1 Å². The van der Waals surface area contributed by atoms with E-state index in [0.29, 0.717) is 17.4 Å². The second kappa shape index (κ2) is 7.29. The van der Waals surface area contributed by atoms with E-state index in [2.05, 4.69) is 32.4 Å². The summed E-state index contributed by atoms with van der Waals surface area (Å²) in [5, 5.41) is 2.12. The van der Waals surface area contributed by atoms with Crippen LogP contribution in [-0.4, -0.2) is 32.9 Å². The number of aromatic nitrogens is 3. The van der Waals surface area contributed by atoms with Crippen LogP contribution >= 0.6 is 11.3 Å². The molecule has 1 N–H and O–H groups in total. The fourth-order valence-corrected chi connectivity index (χ4v) is 4.12. The van der Waals surface area contributed by atoms with Gasteiger partial charge in [0, 0.05) is 36.1 Å². The number of piperidine rings is 1. The zero-order valence-corrected chi connectivity index (χ0v) is 14.7. The standard InChI is InChI=1S/C19H20N4OS/c24-18-11-17(21-19(22-18)16-7-1-2-8-20-16)14-5-3-9-23(12-14)13-15-6-4-10-25-15/h1-2,4,6-8,10-11,14H,3,5,9,12-13H2,(H,21,22,24)/t14-/m0/s1. The third-order valence-electron chi connectivity index (χ3n) is 4.55. The molecule has 1 fully saturated rings. The molecule has 0 aliphatic carbocycles. The Bertz CT molecular complexity index is 876. The number of thiophene rings is 1. The van der Waals surface area contributed by atoms with Crippen LogP contribution in [0.4, 0.5) is 0 Å². The van der Waals surface area contributed by atoms with Gasteiger partial charge in [0.15, 0.2) is 5.82 Å². The van der Waals surface area contributed by atoms with Crippen molar-refractivity contribution in [3.05, 3.63) is 68.9 Å². The van der Waals surface area contributed by atoms with Crippen LogP contribution < -0.4 is 5.56 Å². The monoisotopic (exact) mass is 352 g/mol. The summed E-state index contributed by atoms with van der Waals surface area (Å²) >= 11 is 1.80. The lowest BCUT2D eigenvalue weighted by Crippen LogP contribution is -2.34. The third-order valence-corrected chi connectivity index (χ3v) is 5.41. The van der Waals surface area contributed by atoms with Gasteiger partial charge < -0.3 is 4.98 Å². The van der Waals surface area contributed by atoms with E-state index < -0.39 is 0 Å².